The Morgan fingerprint density at radius 2 is 1.95 bits per heavy atom. The fraction of sp³-hybridized carbons (Fsp3) is 0.625. The van der Waals surface area contributed by atoms with Gasteiger partial charge >= 0.3 is 0 Å². The molecule has 2 aliphatic rings. The summed E-state index contributed by atoms with van der Waals surface area (Å²) in [4.78, 5) is 19.5. The Labute approximate surface area is 115 Å². The van der Waals surface area contributed by atoms with Crippen molar-refractivity contribution in [1.29, 1.82) is 0 Å². The molecule has 2 unspecified atom stereocenters. The van der Waals surface area contributed by atoms with Gasteiger partial charge in [0.15, 0.2) is 5.78 Å². The predicted molar refractivity (Wildman–Crippen MR) is 75.2 cm³/mol. The largest absolute Gasteiger partial charge is 0.300 e. The number of Topliss-reactive ketones (excluding diaryl/α,β-unsaturated/α-hetero) is 1. The van der Waals surface area contributed by atoms with Crippen LogP contribution in [0.25, 0.3) is 0 Å². The molecule has 102 valence electrons. The van der Waals surface area contributed by atoms with Crippen molar-refractivity contribution in [2.75, 3.05) is 7.05 Å². The highest BCUT2D eigenvalue weighted by Crippen LogP contribution is 2.36. The molecule has 3 heterocycles. The van der Waals surface area contributed by atoms with Crippen LogP contribution in [0.2, 0.25) is 0 Å². The topological polar surface area (TPSA) is 33.2 Å². The maximum atomic E-state index is 12.6. The Balaban J connectivity index is 1.78. The quantitative estimate of drug-likeness (QED) is 0.765. The second kappa shape index (κ2) is 5.04. The summed E-state index contributed by atoms with van der Waals surface area (Å²) in [6.07, 6.45) is 5.85. The van der Waals surface area contributed by atoms with E-state index in [0.717, 1.165) is 18.5 Å². The molecule has 0 saturated carbocycles. The SMILES string of the molecule is Cc1cccc(C(=O)C2CC3CCCC(C2)N3C)n1. The Bertz CT molecular complexity index is 471. The monoisotopic (exact) mass is 258 g/mol. The number of hydrogen-bond acceptors (Lipinski definition) is 3. The highest BCUT2D eigenvalue weighted by Gasteiger charge is 2.39. The number of carbonyl (C=O) groups excluding carboxylic acids is 1. The first kappa shape index (κ1) is 12.8. The summed E-state index contributed by atoms with van der Waals surface area (Å²) < 4.78 is 0. The lowest BCUT2D eigenvalue weighted by molar-refractivity contribution is 0.0336. The second-order valence-electron chi connectivity index (χ2n) is 6.10. The van der Waals surface area contributed by atoms with Gasteiger partial charge in [-0.15, -0.1) is 0 Å². The third-order valence-corrected chi connectivity index (χ3v) is 4.85. The average Bonchev–Trinajstić information content (AvgIpc) is 2.37. The summed E-state index contributed by atoms with van der Waals surface area (Å²) in [6, 6.07) is 6.95. The third-order valence-electron chi connectivity index (χ3n) is 4.85. The molecule has 2 atom stereocenters. The van der Waals surface area contributed by atoms with Gasteiger partial charge in [-0.25, -0.2) is 0 Å². The summed E-state index contributed by atoms with van der Waals surface area (Å²) in [5.74, 6) is 0.439. The molecule has 0 radical (unpaired) electrons. The lowest BCUT2D eigenvalue weighted by Gasteiger charge is -2.46. The zero-order valence-corrected chi connectivity index (χ0v) is 11.8. The lowest BCUT2D eigenvalue weighted by Crippen LogP contribution is -2.51. The van der Waals surface area contributed by atoms with E-state index in [1.807, 2.05) is 25.1 Å². The van der Waals surface area contributed by atoms with Gasteiger partial charge in [-0.2, -0.15) is 0 Å². The molecule has 2 bridgehead atoms. The maximum absolute atomic E-state index is 12.6. The minimum Gasteiger partial charge on any atom is -0.300 e. The van der Waals surface area contributed by atoms with Gasteiger partial charge in [0.05, 0.1) is 0 Å². The normalized spacial score (nSPS) is 31.2. The summed E-state index contributed by atoms with van der Waals surface area (Å²) in [7, 11) is 2.22. The number of piperidine rings is 2. The molecule has 19 heavy (non-hydrogen) atoms. The molecule has 3 nitrogen and oxygen atoms in total. The van der Waals surface area contributed by atoms with Gasteiger partial charge in [-0.05, 0) is 51.8 Å². The highest BCUT2D eigenvalue weighted by atomic mass is 16.1. The lowest BCUT2D eigenvalue weighted by atomic mass is 9.76. The first-order valence-electron chi connectivity index (χ1n) is 7.35. The van der Waals surface area contributed by atoms with Crippen LogP contribution in [0, 0.1) is 12.8 Å². The summed E-state index contributed by atoms with van der Waals surface area (Å²) in [5, 5.41) is 0. The van der Waals surface area contributed by atoms with Crippen LogP contribution in [-0.4, -0.2) is 34.8 Å². The highest BCUT2D eigenvalue weighted by molar-refractivity contribution is 5.96. The molecule has 0 amide bonds. The van der Waals surface area contributed by atoms with Gasteiger partial charge in [0.1, 0.15) is 5.69 Å². The van der Waals surface area contributed by atoms with Crippen LogP contribution in [0.1, 0.15) is 48.3 Å². The minimum atomic E-state index is 0.181. The van der Waals surface area contributed by atoms with Crippen LogP contribution in [0.15, 0.2) is 18.2 Å². The first-order chi connectivity index (χ1) is 9.15. The maximum Gasteiger partial charge on any atom is 0.184 e. The van der Waals surface area contributed by atoms with Crippen LogP contribution in [0.5, 0.6) is 0 Å². The molecule has 0 spiro atoms. The van der Waals surface area contributed by atoms with E-state index in [1.54, 1.807) is 0 Å². The molecular weight excluding hydrogens is 236 g/mol. The van der Waals surface area contributed by atoms with Gasteiger partial charge < -0.3 is 4.90 Å². The molecule has 3 heteroatoms. The molecule has 0 aromatic carbocycles. The summed E-state index contributed by atoms with van der Waals surface area (Å²) >= 11 is 0. The fourth-order valence-corrected chi connectivity index (χ4v) is 3.72. The van der Waals surface area contributed by atoms with E-state index in [1.165, 1.54) is 19.3 Å². The van der Waals surface area contributed by atoms with Crippen molar-refractivity contribution in [3.05, 3.63) is 29.6 Å². The van der Waals surface area contributed by atoms with Gasteiger partial charge in [0.25, 0.3) is 0 Å². The summed E-state index contributed by atoms with van der Waals surface area (Å²) in [6.45, 7) is 1.94. The van der Waals surface area contributed by atoms with Crippen molar-refractivity contribution in [2.24, 2.45) is 5.92 Å². The Hall–Kier alpha value is -1.22. The van der Waals surface area contributed by atoms with Crippen molar-refractivity contribution in [1.82, 2.24) is 9.88 Å². The average molecular weight is 258 g/mol. The number of hydrogen-bond donors (Lipinski definition) is 0. The molecule has 2 aliphatic heterocycles. The molecule has 0 aliphatic carbocycles. The first-order valence-corrected chi connectivity index (χ1v) is 7.35. The van der Waals surface area contributed by atoms with Crippen molar-refractivity contribution >= 4 is 5.78 Å². The number of rotatable bonds is 2. The molecule has 2 fully saturated rings. The zero-order valence-electron chi connectivity index (χ0n) is 11.8. The van der Waals surface area contributed by atoms with Crippen LogP contribution < -0.4 is 0 Å². The number of nitrogens with zero attached hydrogens (tertiary/aromatic N) is 2. The van der Waals surface area contributed by atoms with Gasteiger partial charge in [0.2, 0.25) is 0 Å². The van der Waals surface area contributed by atoms with Crippen molar-refractivity contribution in [3.63, 3.8) is 0 Å². The Kier molecular flexibility index (Phi) is 3.40. The van der Waals surface area contributed by atoms with Crippen molar-refractivity contribution in [3.8, 4) is 0 Å². The number of ketones is 1. The van der Waals surface area contributed by atoms with Gasteiger partial charge in [-0.1, -0.05) is 12.5 Å². The number of pyridine rings is 1. The molecule has 2 saturated heterocycles. The minimum absolute atomic E-state index is 0.181. The van der Waals surface area contributed by atoms with Gasteiger partial charge in [-0.3, -0.25) is 9.78 Å². The van der Waals surface area contributed by atoms with E-state index >= 15 is 0 Å². The van der Waals surface area contributed by atoms with Gasteiger partial charge in [0, 0.05) is 23.7 Å². The van der Waals surface area contributed by atoms with Crippen LogP contribution in [-0.2, 0) is 0 Å². The molecule has 1 aromatic heterocycles. The Morgan fingerprint density at radius 3 is 2.58 bits per heavy atom. The van der Waals surface area contributed by atoms with E-state index in [2.05, 4.69) is 16.9 Å². The van der Waals surface area contributed by atoms with E-state index in [9.17, 15) is 4.79 Å². The number of aryl methyl sites for hydroxylation is 1. The number of fused-ring (bicyclic) bond motifs is 2. The van der Waals surface area contributed by atoms with E-state index < -0.39 is 0 Å². The predicted octanol–water partition coefficient (Wildman–Crippen LogP) is 2.84. The van der Waals surface area contributed by atoms with Crippen LogP contribution in [0.4, 0.5) is 0 Å². The van der Waals surface area contributed by atoms with Crippen LogP contribution in [0.3, 0.4) is 0 Å². The smallest absolute Gasteiger partial charge is 0.184 e. The fourth-order valence-electron chi connectivity index (χ4n) is 3.72. The number of carbonyl (C=O) groups is 1. The van der Waals surface area contributed by atoms with E-state index in [0.29, 0.717) is 17.8 Å². The van der Waals surface area contributed by atoms with Crippen molar-refractivity contribution < 1.29 is 4.79 Å². The van der Waals surface area contributed by atoms with Crippen LogP contribution >= 0.6 is 0 Å². The Morgan fingerprint density at radius 1 is 1.26 bits per heavy atom. The van der Waals surface area contributed by atoms with E-state index in [4.69, 9.17) is 0 Å². The summed E-state index contributed by atoms with van der Waals surface area (Å²) in [5.41, 5.74) is 1.59. The van der Waals surface area contributed by atoms with E-state index in [-0.39, 0.29) is 11.7 Å². The third kappa shape index (κ3) is 2.44. The van der Waals surface area contributed by atoms with Crippen molar-refractivity contribution in [2.45, 2.75) is 51.1 Å². The second-order valence-corrected chi connectivity index (χ2v) is 6.10. The molecule has 0 N–H and O–H groups in total. The zero-order chi connectivity index (χ0) is 13.4. The standard InChI is InChI=1S/C16H22N2O/c1-11-5-3-8-15(17-11)16(19)12-9-13-6-4-7-14(10-12)18(13)2/h3,5,8,12-14H,4,6-7,9-10H2,1-2H3. The number of aromatic nitrogens is 1. The molecule has 3 rings (SSSR count). The molecule has 1 aromatic rings. The molecular formula is C16H22N2O.